The molecule has 0 atom stereocenters. The lowest BCUT2D eigenvalue weighted by atomic mass is 10.2. The first-order chi connectivity index (χ1) is 9.71. The third-order valence-electron chi connectivity index (χ3n) is 2.22. The van der Waals surface area contributed by atoms with E-state index in [9.17, 15) is 14.7 Å². The SMILES string of the molecule is COC(=O)/C(=C/c1cccc(O)c1)NC(=O)OC(C)(C)C. The molecule has 1 amide bonds. The molecule has 0 aliphatic carbocycles. The minimum absolute atomic E-state index is 0.0465. The van der Waals surface area contributed by atoms with E-state index in [2.05, 4.69) is 10.1 Å². The second kappa shape index (κ2) is 6.78. The van der Waals surface area contributed by atoms with Crippen LogP contribution in [-0.4, -0.2) is 29.9 Å². The molecule has 0 fully saturated rings. The molecule has 0 heterocycles. The number of aromatic hydroxyl groups is 1. The summed E-state index contributed by atoms with van der Waals surface area (Å²) in [6, 6.07) is 6.22. The lowest BCUT2D eigenvalue weighted by Crippen LogP contribution is -2.34. The largest absolute Gasteiger partial charge is 0.508 e. The van der Waals surface area contributed by atoms with Crippen LogP contribution in [0.25, 0.3) is 6.08 Å². The van der Waals surface area contributed by atoms with Gasteiger partial charge in [-0.25, -0.2) is 9.59 Å². The Bertz CT molecular complexity index is 557. The highest BCUT2D eigenvalue weighted by Gasteiger charge is 2.20. The number of hydrogen-bond acceptors (Lipinski definition) is 5. The zero-order chi connectivity index (χ0) is 16.0. The molecule has 6 nitrogen and oxygen atoms in total. The summed E-state index contributed by atoms with van der Waals surface area (Å²) in [7, 11) is 1.20. The van der Waals surface area contributed by atoms with E-state index in [1.54, 1.807) is 32.9 Å². The minimum atomic E-state index is -0.765. The summed E-state index contributed by atoms with van der Waals surface area (Å²) in [6.45, 7) is 5.13. The number of nitrogens with one attached hydrogen (secondary N) is 1. The van der Waals surface area contributed by atoms with Crippen molar-refractivity contribution in [3.05, 3.63) is 35.5 Å². The van der Waals surface area contributed by atoms with Gasteiger partial charge in [0, 0.05) is 0 Å². The zero-order valence-corrected chi connectivity index (χ0v) is 12.5. The number of ether oxygens (including phenoxy) is 2. The van der Waals surface area contributed by atoms with E-state index < -0.39 is 17.7 Å². The van der Waals surface area contributed by atoms with Crippen LogP contribution in [0.1, 0.15) is 26.3 Å². The van der Waals surface area contributed by atoms with E-state index in [0.29, 0.717) is 5.56 Å². The van der Waals surface area contributed by atoms with E-state index in [1.165, 1.54) is 25.3 Å². The van der Waals surface area contributed by atoms with Gasteiger partial charge in [-0.05, 0) is 44.5 Å². The van der Waals surface area contributed by atoms with Crippen molar-refractivity contribution in [2.24, 2.45) is 0 Å². The maximum Gasteiger partial charge on any atom is 0.412 e. The molecule has 0 spiro atoms. The number of phenolic OH excluding ortho intramolecular Hbond substituents is 1. The average Bonchev–Trinajstić information content (AvgIpc) is 2.34. The van der Waals surface area contributed by atoms with Gasteiger partial charge in [-0.2, -0.15) is 0 Å². The van der Waals surface area contributed by atoms with Gasteiger partial charge in [0.2, 0.25) is 0 Å². The van der Waals surface area contributed by atoms with Gasteiger partial charge in [-0.3, -0.25) is 5.32 Å². The van der Waals surface area contributed by atoms with Gasteiger partial charge in [0.05, 0.1) is 7.11 Å². The van der Waals surface area contributed by atoms with Crippen LogP contribution in [0.4, 0.5) is 4.79 Å². The Hall–Kier alpha value is -2.50. The first-order valence-electron chi connectivity index (χ1n) is 6.30. The third kappa shape index (κ3) is 5.99. The van der Waals surface area contributed by atoms with Gasteiger partial charge in [-0.1, -0.05) is 12.1 Å². The molecule has 0 saturated carbocycles. The van der Waals surface area contributed by atoms with E-state index in [-0.39, 0.29) is 11.4 Å². The van der Waals surface area contributed by atoms with Gasteiger partial charge >= 0.3 is 12.1 Å². The number of carbonyl (C=O) groups excluding carboxylic acids is 2. The molecular formula is C15H19NO5. The summed E-state index contributed by atoms with van der Waals surface area (Å²) in [5, 5.41) is 11.7. The molecule has 0 aliphatic rings. The van der Waals surface area contributed by atoms with Gasteiger partial charge in [-0.15, -0.1) is 0 Å². The van der Waals surface area contributed by atoms with Crippen LogP contribution in [0.2, 0.25) is 0 Å². The molecule has 0 aromatic heterocycles. The number of methoxy groups -OCH3 is 1. The van der Waals surface area contributed by atoms with Crippen molar-refractivity contribution < 1.29 is 24.2 Å². The van der Waals surface area contributed by atoms with Crippen LogP contribution in [0.15, 0.2) is 30.0 Å². The van der Waals surface area contributed by atoms with Crippen molar-refractivity contribution in [3.63, 3.8) is 0 Å². The van der Waals surface area contributed by atoms with Crippen molar-refractivity contribution in [2.45, 2.75) is 26.4 Å². The Labute approximate surface area is 123 Å². The first-order valence-corrected chi connectivity index (χ1v) is 6.30. The van der Waals surface area contributed by atoms with Crippen LogP contribution in [-0.2, 0) is 14.3 Å². The molecule has 0 aliphatic heterocycles. The summed E-state index contributed by atoms with van der Waals surface area (Å²) in [5.74, 6) is -0.672. The number of phenols is 1. The number of carbonyl (C=O) groups is 2. The molecular weight excluding hydrogens is 274 g/mol. The number of rotatable bonds is 3. The van der Waals surface area contributed by atoms with Crippen molar-refractivity contribution in [2.75, 3.05) is 7.11 Å². The number of hydrogen-bond donors (Lipinski definition) is 2. The van der Waals surface area contributed by atoms with E-state index in [1.807, 2.05) is 0 Å². The fraction of sp³-hybridized carbons (Fsp3) is 0.333. The molecule has 0 saturated heterocycles. The molecule has 0 radical (unpaired) electrons. The smallest absolute Gasteiger partial charge is 0.412 e. The summed E-state index contributed by atoms with van der Waals surface area (Å²) in [4.78, 5) is 23.4. The molecule has 1 aromatic carbocycles. The van der Waals surface area contributed by atoms with Crippen LogP contribution in [0.5, 0.6) is 5.75 Å². The maximum absolute atomic E-state index is 11.7. The maximum atomic E-state index is 11.7. The highest BCUT2D eigenvalue weighted by molar-refractivity contribution is 5.96. The number of amides is 1. The highest BCUT2D eigenvalue weighted by Crippen LogP contribution is 2.14. The van der Waals surface area contributed by atoms with E-state index in [4.69, 9.17) is 4.74 Å². The highest BCUT2D eigenvalue weighted by atomic mass is 16.6. The monoisotopic (exact) mass is 293 g/mol. The second-order valence-corrected chi connectivity index (χ2v) is 5.27. The van der Waals surface area contributed by atoms with Crippen LogP contribution < -0.4 is 5.32 Å². The van der Waals surface area contributed by atoms with E-state index in [0.717, 1.165) is 0 Å². The van der Waals surface area contributed by atoms with Gasteiger partial charge < -0.3 is 14.6 Å². The van der Waals surface area contributed by atoms with Gasteiger partial charge in [0.25, 0.3) is 0 Å². The predicted octanol–water partition coefficient (Wildman–Crippen LogP) is 2.43. The number of alkyl carbamates (subject to hydrolysis) is 1. The first kappa shape index (κ1) is 16.6. The van der Waals surface area contributed by atoms with Crippen LogP contribution >= 0.6 is 0 Å². The number of benzene rings is 1. The molecule has 0 unspecified atom stereocenters. The quantitative estimate of drug-likeness (QED) is 0.660. The summed E-state index contributed by atoms with van der Waals surface area (Å²) in [5.41, 5.74) is -0.236. The standard InChI is InChI=1S/C15H19NO5/c1-15(2,3)21-14(19)16-12(13(18)20-4)9-10-6-5-7-11(17)8-10/h5-9,17H,1-4H3,(H,16,19)/b12-9-. The lowest BCUT2D eigenvalue weighted by Gasteiger charge is -2.20. The van der Waals surface area contributed by atoms with Crippen molar-refractivity contribution >= 4 is 18.1 Å². The Morgan fingerprint density at radius 3 is 2.48 bits per heavy atom. The summed E-state index contributed by atoms with van der Waals surface area (Å²) in [6.07, 6.45) is 0.620. The van der Waals surface area contributed by atoms with Crippen molar-refractivity contribution in [1.29, 1.82) is 0 Å². The lowest BCUT2D eigenvalue weighted by molar-refractivity contribution is -0.136. The second-order valence-electron chi connectivity index (χ2n) is 5.27. The Kier molecular flexibility index (Phi) is 5.35. The van der Waals surface area contributed by atoms with E-state index >= 15 is 0 Å². The van der Waals surface area contributed by atoms with Crippen molar-refractivity contribution in [1.82, 2.24) is 5.32 Å². The predicted molar refractivity (Wildman–Crippen MR) is 77.5 cm³/mol. The van der Waals surface area contributed by atoms with Crippen LogP contribution in [0.3, 0.4) is 0 Å². The average molecular weight is 293 g/mol. The third-order valence-corrected chi connectivity index (χ3v) is 2.22. The van der Waals surface area contributed by atoms with Crippen LogP contribution in [0, 0.1) is 0 Å². The Morgan fingerprint density at radius 1 is 1.29 bits per heavy atom. The minimum Gasteiger partial charge on any atom is -0.508 e. The number of esters is 1. The summed E-state index contributed by atoms with van der Waals surface area (Å²) < 4.78 is 9.68. The topological polar surface area (TPSA) is 84.9 Å². The van der Waals surface area contributed by atoms with Crippen molar-refractivity contribution in [3.8, 4) is 5.75 Å². The fourth-order valence-corrected chi connectivity index (χ4v) is 1.45. The normalized spacial score (nSPS) is 11.7. The molecule has 1 aromatic rings. The molecule has 6 heteroatoms. The molecule has 0 bridgehead atoms. The zero-order valence-electron chi connectivity index (χ0n) is 12.5. The Balaban J connectivity index is 2.96. The fourth-order valence-electron chi connectivity index (χ4n) is 1.45. The molecule has 114 valence electrons. The molecule has 2 N–H and O–H groups in total. The Morgan fingerprint density at radius 2 is 1.95 bits per heavy atom. The molecule has 21 heavy (non-hydrogen) atoms. The molecule has 1 rings (SSSR count). The van der Waals surface area contributed by atoms with Gasteiger partial charge in [0.15, 0.2) is 0 Å². The summed E-state index contributed by atoms with van der Waals surface area (Å²) >= 11 is 0. The van der Waals surface area contributed by atoms with Gasteiger partial charge in [0.1, 0.15) is 17.0 Å².